The van der Waals surface area contributed by atoms with Crippen LogP contribution in [0.3, 0.4) is 0 Å². The van der Waals surface area contributed by atoms with Crippen LogP contribution < -0.4 is 10.6 Å². The molecule has 104 valence electrons. The molecule has 0 aliphatic carbocycles. The number of hydrogen-bond acceptors (Lipinski definition) is 4. The predicted octanol–water partition coefficient (Wildman–Crippen LogP) is 1.47. The van der Waals surface area contributed by atoms with Gasteiger partial charge in [-0.25, -0.2) is 23.8 Å². The average molecular weight is 276 g/mol. The molecule has 8 heteroatoms. The van der Waals surface area contributed by atoms with E-state index in [9.17, 15) is 9.18 Å². The number of pyridine rings is 1. The summed E-state index contributed by atoms with van der Waals surface area (Å²) in [5.74, 6) is 0.594. The van der Waals surface area contributed by atoms with Crippen molar-refractivity contribution in [1.82, 2.24) is 25.1 Å². The number of anilines is 1. The molecule has 2 N–H and O–H groups in total. The molecule has 0 bridgehead atoms. The number of carbonyl (C=O) groups excluding carboxylic acids is 1. The fraction of sp³-hybridized carbons (Fsp3) is 0.333. The molecule has 2 aromatic rings. The molecule has 3 heterocycles. The van der Waals surface area contributed by atoms with Crippen LogP contribution in [-0.4, -0.2) is 25.8 Å². The first-order chi connectivity index (χ1) is 9.72. The Morgan fingerprint density at radius 3 is 3.10 bits per heavy atom. The molecule has 0 saturated carbocycles. The van der Waals surface area contributed by atoms with Gasteiger partial charge in [-0.2, -0.15) is 5.10 Å². The molecule has 7 nitrogen and oxygen atoms in total. The molecule has 0 spiro atoms. The van der Waals surface area contributed by atoms with Crippen molar-refractivity contribution in [2.75, 3.05) is 5.32 Å². The highest BCUT2D eigenvalue weighted by molar-refractivity contribution is 5.88. The summed E-state index contributed by atoms with van der Waals surface area (Å²) in [5.41, 5.74) is 0. The summed E-state index contributed by atoms with van der Waals surface area (Å²) in [5, 5.41) is 9.46. The number of nitrogens with zero attached hydrogens (tertiary/aromatic N) is 4. The van der Waals surface area contributed by atoms with Crippen molar-refractivity contribution in [3.8, 4) is 0 Å². The molecule has 0 fully saturated rings. The lowest BCUT2D eigenvalue weighted by atomic mass is 10.1. The van der Waals surface area contributed by atoms with E-state index < -0.39 is 11.8 Å². The highest BCUT2D eigenvalue weighted by Crippen LogP contribution is 2.21. The first-order valence-electron chi connectivity index (χ1n) is 6.29. The number of nitrogens with one attached hydrogen (secondary N) is 2. The molecule has 1 unspecified atom stereocenters. The molecule has 2 amide bonds. The van der Waals surface area contributed by atoms with Crippen LogP contribution in [0.1, 0.15) is 24.7 Å². The molecule has 0 saturated heterocycles. The van der Waals surface area contributed by atoms with Gasteiger partial charge in [-0.1, -0.05) is 0 Å². The Balaban J connectivity index is 1.64. The average Bonchev–Trinajstić information content (AvgIpc) is 2.91. The van der Waals surface area contributed by atoms with Crippen molar-refractivity contribution < 1.29 is 9.18 Å². The molecule has 1 aliphatic heterocycles. The molecule has 20 heavy (non-hydrogen) atoms. The molecular formula is C12H13FN6O. The van der Waals surface area contributed by atoms with Crippen molar-refractivity contribution in [3.63, 3.8) is 0 Å². The van der Waals surface area contributed by atoms with Gasteiger partial charge in [0, 0.05) is 6.54 Å². The first kappa shape index (κ1) is 12.5. The Morgan fingerprint density at radius 1 is 1.40 bits per heavy atom. The number of hydrogen-bond donors (Lipinski definition) is 2. The van der Waals surface area contributed by atoms with Crippen LogP contribution in [-0.2, 0) is 6.54 Å². The zero-order chi connectivity index (χ0) is 13.9. The summed E-state index contributed by atoms with van der Waals surface area (Å²) in [6, 6.07) is 2.07. The molecule has 1 aliphatic rings. The third-order valence-electron chi connectivity index (χ3n) is 3.09. The van der Waals surface area contributed by atoms with Crippen LogP contribution in [0.2, 0.25) is 0 Å². The van der Waals surface area contributed by atoms with E-state index in [2.05, 4.69) is 25.7 Å². The fourth-order valence-corrected chi connectivity index (χ4v) is 2.19. The van der Waals surface area contributed by atoms with Gasteiger partial charge in [0.15, 0.2) is 0 Å². The van der Waals surface area contributed by atoms with Crippen molar-refractivity contribution in [3.05, 3.63) is 36.3 Å². The van der Waals surface area contributed by atoms with Gasteiger partial charge in [-0.3, -0.25) is 5.32 Å². The van der Waals surface area contributed by atoms with E-state index in [4.69, 9.17) is 0 Å². The number of fused-ring (bicyclic) bond motifs is 1. The maximum Gasteiger partial charge on any atom is 0.320 e. The van der Waals surface area contributed by atoms with Crippen molar-refractivity contribution in [2.45, 2.75) is 25.4 Å². The molecule has 3 rings (SSSR count). The summed E-state index contributed by atoms with van der Waals surface area (Å²) in [7, 11) is 0. The minimum atomic E-state index is -0.448. The number of aryl methyl sites for hydroxylation is 1. The van der Waals surface area contributed by atoms with Gasteiger partial charge in [0.25, 0.3) is 0 Å². The van der Waals surface area contributed by atoms with Crippen LogP contribution in [0.15, 0.2) is 24.7 Å². The second-order valence-electron chi connectivity index (χ2n) is 4.50. The Hall–Kier alpha value is -2.51. The van der Waals surface area contributed by atoms with Crippen LogP contribution in [0, 0.1) is 5.82 Å². The fourth-order valence-electron chi connectivity index (χ4n) is 2.19. The maximum atomic E-state index is 12.7. The van der Waals surface area contributed by atoms with Crippen molar-refractivity contribution in [2.24, 2.45) is 0 Å². The van der Waals surface area contributed by atoms with Gasteiger partial charge >= 0.3 is 6.03 Å². The lowest BCUT2D eigenvalue weighted by Gasteiger charge is -2.23. The highest BCUT2D eigenvalue weighted by Gasteiger charge is 2.23. The zero-order valence-electron chi connectivity index (χ0n) is 10.6. The van der Waals surface area contributed by atoms with E-state index in [1.807, 2.05) is 0 Å². The number of amides is 2. The quantitative estimate of drug-likeness (QED) is 0.869. The van der Waals surface area contributed by atoms with Gasteiger partial charge in [0.2, 0.25) is 0 Å². The standard InChI is InChI=1S/C12H13FN6O/c13-8-3-4-10(14-6-8)18-12(20)17-9-2-1-5-19-11(9)15-7-16-19/h3-4,6-7,9H,1-2,5H2,(H2,14,17,18,20). The third-order valence-corrected chi connectivity index (χ3v) is 3.09. The number of halogens is 1. The largest absolute Gasteiger partial charge is 0.328 e. The van der Waals surface area contributed by atoms with Crippen LogP contribution in [0.4, 0.5) is 15.0 Å². The maximum absolute atomic E-state index is 12.7. The smallest absolute Gasteiger partial charge is 0.320 e. The van der Waals surface area contributed by atoms with Crippen molar-refractivity contribution in [1.29, 1.82) is 0 Å². The van der Waals surface area contributed by atoms with E-state index >= 15 is 0 Å². The van der Waals surface area contributed by atoms with Gasteiger partial charge in [0.1, 0.15) is 23.8 Å². The Morgan fingerprint density at radius 2 is 2.30 bits per heavy atom. The molecule has 0 radical (unpaired) electrons. The molecule has 1 atom stereocenters. The Bertz CT molecular complexity index is 611. The van der Waals surface area contributed by atoms with E-state index in [1.54, 1.807) is 4.68 Å². The second-order valence-corrected chi connectivity index (χ2v) is 4.50. The van der Waals surface area contributed by atoms with E-state index in [0.717, 1.165) is 31.4 Å². The zero-order valence-corrected chi connectivity index (χ0v) is 10.6. The first-order valence-corrected chi connectivity index (χ1v) is 6.29. The van der Waals surface area contributed by atoms with Crippen LogP contribution in [0.25, 0.3) is 0 Å². The summed E-state index contributed by atoms with van der Waals surface area (Å²) in [6.07, 6.45) is 4.26. The number of aromatic nitrogens is 4. The van der Waals surface area contributed by atoms with Crippen molar-refractivity contribution >= 4 is 11.8 Å². The van der Waals surface area contributed by atoms with E-state index in [0.29, 0.717) is 5.82 Å². The van der Waals surface area contributed by atoms with Gasteiger partial charge < -0.3 is 5.32 Å². The van der Waals surface area contributed by atoms with E-state index in [1.165, 1.54) is 18.5 Å². The summed E-state index contributed by atoms with van der Waals surface area (Å²) in [6.45, 7) is 0.814. The number of carbonyl (C=O) groups is 1. The monoisotopic (exact) mass is 276 g/mol. The highest BCUT2D eigenvalue weighted by atomic mass is 19.1. The Kier molecular flexibility index (Phi) is 3.28. The topological polar surface area (TPSA) is 84.7 Å². The lowest BCUT2D eigenvalue weighted by Crippen LogP contribution is -2.36. The minimum Gasteiger partial charge on any atom is -0.328 e. The SMILES string of the molecule is O=C(Nc1ccc(F)cn1)NC1CCCn2ncnc21. The molecule has 0 aromatic carbocycles. The van der Waals surface area contributed by atoms with E-state index in [-0.39, 0.29) is 6.04 Å². The second kappa shape index (κ2) is 5.24. The molecular weight excluding hydrogens is 263 g/mol. The minimum absolute atomic E-state index is 0.174. The lowest BCUT2D eigenvalue weighted by molar-refractivity contribution is 0.244. The third kappa shape index (κ3) is 2.58. The number of rotatable bonds is 2. The van der Waals surface area contributed by atoms with Crippen LogP contribution in [0.5, 0.6) is 0 Å². The summed E-state index contributed by atoms with van der Waals surface area (Å²) < 4.78 is 14.5. The van der Waals surface area contributed by atoms with Gasteiger partial charge in [0.05, 0.1) is 12.2 Å². The van der Waals surface area contributed by atoms with Gasteiger partial charge in [-0.15, -0.1) is 0 Å². The predicted molar refractivity (Wildman–Crippen MR) is 68.3 cm³/mol. The van der Waals surface area contributed by atoms with Gasteiger partial charge in [-0.05, 0) is 25.0 Å². The number of urea groups is 1. The summed E-state index contributed by atoms with van der Waals surface area (Å²) in [4.78, 5) is 19.8. The summed E-state index contributed by atoms with van der Waals surface area (Å²) >= 11 is 0. The molecule has 2 aromatic heterocycles. The van der Waals surface area contributed by atoms with Crippen LogP contribution >= 0.6 is 0 Å². The normalized spacial score (nSPS) is 17.4. The Labute approximate surface area is 114 Å².